The molecule has 1 heterocycles. The van der Waals surface area contributed by atoms with Gasteiger partial charge in [0.2, 0.25) is 0 Å². The first-order valence-electron chi connectivity index (χ1n) is 8.54. The summed E-state index contributed by atoms with van der Waals surface area (Å²) in [5, 5.41) is 7.79. The minimum Gasteiger partial charge on any atom is -0.348 e. The Bertz CT molecular complexity index is 1080. The predicted molar refractivity (Wildman–Crippen MR) is 106 cm³/mol. The number of nitrogens with zero attached hydrogens (tertiary/aromatic N) is 2. The van der Waals surface area contributed by atoms with Crippen molar-refractivity contribution in [3.63, 3.8) is 0 Å². The maximum atomic E-state index is 12.8. The van der Waals surface area contributed by atoms with Crippen LogP contribution in [0.4, 0.5) is 13.2 Å². The van der Waals surface area contributed by atoms with Gasteiger partial charge in [-0.05, 0) is 49.7 Å². The average Bonchev–Trinajstić information content (AvgIpc) is 2.96. The van der Waals surface area contributed by atoms with Crippen LogP contribution in [0.5, 0.6) is 0 Å². The fourth-order valence-electron chi connectivity index (χ4n) is 2.97. The van der Waals surface area contributed by atoms with Gasteiger partial charge >= 0.3 is 6.18 Å². The quantitative estimate of drug-likeness (QED) is 0.560. The first kappa shape index (κ1) is 21.2. The molecule has 152 valence electrons. The molecule has 0 unspecified atom stereocenters. The molecule has 0 aliphatic rings. The SMILES string of the molecule is Cc1nn(-c2ccc(Cl)c(Cl)c2)c(C)c1C(=O)NCc1cccc(C(F)(F)F)c1. The monoisotopic (exact) mass is 441 g/mol. The molecule has 0 fully saturated rings. The lowest BCUT2D eigenvalue weighted by Gasteiger charge is -2.10. The number of aryl methyl sites for hydroxylation is 1. The van der Waals surface area contributed by atoms with E-state index in [0.29, 0.717) is 38.2 Å². The number of hydrogen-bond donors (Lipinski definition) is 1. The Labute approximate surface area is 175 Å². The van der Waals surface area contributed by atoms with Gasteiger partial charge in [0, 0.05) is 6.54 Å². The molecule has 2 aromatic carbocycles. The zero-order chi connectivity index (χ0) is 21.3. The summed E-state index contributed by atoms with van der Waals surface area (Å²) in [7, 11) is 0. The van der Waals surface area contributed by atoms with Crippen molar-refractivity contribution in [3.05, 3.63) is 80.6 Å². The second-order valence-electron chi connectivity index (χ2n) is 6.44. The molecule has 4 nitrogen and oxygen atoms in total. The van der Waals surface area contributed by atoms with Gasteiger partial charge in [-0.2, -0.15) is 18.3 Å². The van der Waals surface area contributed by atoms with Gasteiger partial charge in [0.15, 0.2) is 0 Å². The first-order chi connectivity index (χ1) is 13.6. The van der Waals surface area contributed by atoms with Gasteiger partial charge in [0.25, 0.3) is 5.91 Å². The Morgan fingerprint density at radius 1 is 1.10 bits per heavy atom. The van der Waals surface area contributed by atoms with Crippen LogP contribution in [0.1, 0.15) is 32.9 Å². The van der Waals surface area contributed by atoms with Crippen LogP contribution in [-0.4, -0.2) is 15.7 Å². The second kappa shape index (κ2) is 8.08. The zero-order valence-corrected chi connectivity index (χ0v) is 17.0. The molecule has 0 spiro atoms. The van der Waals surface area contributed by atoms with Crippen LogP contribution in [0.2, 0.25) is 10.0 Å². The third-order valence-electron chi connectivity index (χ3n) is 4.37. The van der Waals surface area contributed by atoms with E-state index in [1.807, 2.05) is 0 Å². The summed E-state index contributed by atoms with van der Waals surface area (Å²) in [4.78, 5) is 12.7. The highest BCUT2D eigenvalue weighted by atomic mass is 35.5. The third-order valence-corrected chi connectivity index (χ3v) is 5.11. The number of hydrogen-bond acceptors (Lipinski definition) is 2. The maximum Gasteiger partial charge on any atom is 0.416 e. The van der Waals surface area contributed by atoms with Gasteiger partial charge in [0.1, 0.15) is 0 Å². The largest absolute Gasteiger partial charge is 0.416 e. The summed E-state index contributed by atoms with van der Waals surface area (Å²) in [6, 6.07) is 9.81. The highest BCUT2D eigenvalue weighted by molar-refractivity contribution is 6.42. The number of halogens is 5. The van der Waals surface area contributed by atoms with Crippen LogP contribution in [0, 0.1) is 13.8 Å². The highest BCUT2D eigenvalue weighted by Crippen LogP contribution is 2.29. The van der Waals surface area contributed by atoms with Crippen molar-refractivity contribution >= 4 is 29.1 Å². The van der Waals surface area contributed by atoms with Crippen LogP contribution in [0.15, 0.2) is 42.5 Å². The van der Waals surface area contributed by atoms with E-state index in [9.17, 15) is 18.0 Å². The topological polar surface area (TPSA) is 46.9 Å². The Balaban J connectivity index is 1.82. The van der Waals surface area contributed by atoms with E-state index in [1.165, 1.54) is 12.1 Å². The van der Waals surface area contributed by atoms with Crippen molar-refractivity contribution in [1.29, 1.82) is 0 Å². The van der Waals surface area contributed by atoms with E-state index in [0.717, 1.165) is 12.1 Å². The fraction of sp³-hybridized carbons (Fsp3) is 0.200. The molecule has 0 saturated carbocycles. The minimum atomic E-state index is -4.44. The molecule has 1 aromatic heterocycles. The molecule has 3 rings (SSSR count). The first-order valence-corrected chi connectivity index (χ1v) is 9.29. The molecule has 0 radical (unpaired) electrons. The van der Waals surface area contributed by atoms with E-state index in [2.05, 4.69) is 10.4 Å². The van der Waals surface area contributed by atoms with E-state index < -0.39 is 17.6 Å². The summed E-state index contributed by atoms with van der Waals surface area (Å²) in [6.45, 7) is 3.36. The number of aromatic nitrogens is 2. The Kier molecular flexibility index (Phi) is 5.91. The van der Waals surface area contributed by atoms with Crippen molar-refractivity contribution in [2.75, 3.05) is 0 Å². The zero-order valence-electron chi connectivity index (χ0n) is 15.4. The summed E-state index contributed by atoms with van der Waals surface area (Å²) < 4.78 is 40.1. The Hall–Kier alpha value is -2.51. The predicted octanol–water partition coefficient (Wildman–Crippen LogP) is 5.74. The Morgan fingerprint density at radius 3 is 2.48 bits per heavy atom. The number of amides is 1. The van der Waals surface area contributed by atoms with Crippen LogP contribution in [0.25, 0.3) is 5.69 Å². The average molecular weight is 442 g/mol. The van der Waals surface area contributed by atoms with Crippen molar-refractivity contribution in [1.82, 2.24) is 15.1 Å². The standard InChI is InChI=1S/C20H16Cl2F3N3O/c1-11-18(12(2)28(27-11)15-6-7-16(21)17(22)9-15)19(29)26-10-13-4-3-5-14(8-13)20(23,24)25/h3-9H,10H2,1-2H3,(H,26,29). The van der Waals surface area contributed by atoms with Crippen molar-refractivity contribution in [3.8, 4) is 5.69 Å². The normalized spacial score (nSPS) is 11.6. The number of alkyl halides is 3. The van der Waals surface area contributed by atoms with Gasteiger partial charge in [-0.15, -0.1) is 0 Å². The molecule has 0 aliphatic heterocycles. The number of rotatable bonds is 4. The summed E-state index contributed by atoms with van der Waals surface area (Å²) in [5.74, 6) is -0.427. The summed E-state index contributed by atoms with van der Waals surface area (Å²) >= 11 is 12.0. The Morgan fingerprint density at radius 2 is 1.83 bits per heavy atom. The molecular weight excluding hydrogens is 426 g/mol. The smallest absolute Gasteiger partial charge is 0.348 e. The number of carbonyl (C=O) groups is 1. The lowest BCUT2D eigenvalue weighted by atomic mass is 10.1. The molecule has 0 aliphatic carbocycles. The van der Waals surface area contributed by atoms with E-state index in [-0.39, 0.29) is 6.54 Å². The van der Waals surface area contributed by atoms with E-state index in [1.54, 1.807) is 36.7 Å². The van der Waals surface area contributed by atoms with Gasteiger partial charge in [-0.25, -0.2) is 4.68 Å². The van der Waals surface area contributed by atoms with Gasteiger partial charge in [0.05, 0.1) is 38.2 Å². The van der Waals surface area contributed by atoms with E-state index in [4.69, 9.17) is 23.2 Å². The van der Waals surface area contributed by atoms with Crippen LogP contribution in [0.3, 0.4) is 0 Å². The van der Waals surface area contributed by atoms with Crippen LogP contribution >= 0.6 is 23.2 Å². The second-order valence-corrected chi connectivity index (χ2v) is 7.25. The van der Waals surface area contributed by atoms with Gasteiger partial charge < -0.3 is 5.32 Å². The molecule has 3 aromatic rings. The highest BCUT2D eigenvalue weighted by Gasteiger charge is 2.30. The van der Waals surface area contributed by atoms with E-state index >= 15 is 0 Å². The maximum absolute atomic E-state index is 12.8. The minimum absolute atomic E-state index is 0.0421. The summed E-state index contributed by atoms with van der Waals surface area (Å²) in [6.07, 6.45) is -4.44. The molecule has 1 amide bonds. The number of benzene rings is 2. The molecule has 9 heteroatoms. The molecular formula is C20H16Cl2F3N3O. The molecule has 29 heavy (non-hydrogen) atoms. The molecule has 0 atom stereocenters. The van der Waals surface area contributed by atoms with Crippen molar-refractivity contribution in [2.24, 2.45) is 0 Å². The molecule has 1 N–H and O–H groups in total. The molecule has 0 bridgehead atoms. The number of carbonyl (C=O) groups excluding carboxylic acids is 1. The third kappa shape index (κ3) is 4.57. The molecule has 0 saturated heterocycles. The van der Waals surface area contributed by atoms with Gasteiger partial charge in [-0.1, -0.05) is 35.3 Å². The number of nitrogens with one attached hydrogen (secondary N) is 1. The summed E-state index contributed by atoms with van der Waals surface area (Å²) in [5.41, 5.74) is 1.63. The van der Waals surface area contributed by atoms with Crippen molar-refractivity contribution < 1.29 is 18.0 Å². The van der Waals surface area contributed by atoms with Crippen LogP contribution in [-0.2, 0) is 12.7 Å². The van der Waals surface area contributed by atoms with Crippen molar-refractivity contribution in [2.45, 2.75) is 26.6 Å². The van der Waals surface area contributed by atoms with Gasteiger partial charge in [-0.3, -0.25) is 4.79 Å². The van der Waals surface area contributed by atoms with Crippen LogP contribution < -0.4 is 5.32 Å². The lowest BCUT2D eigenvalue weighted by molar-refractivity contribution is -0.137. The fourth-order valence-corrected chi connectivity index (χ4v) is 3.26. The lowest BCUT2D eigenvalue weighted by Crippen LogP contribution is -2.24.